The van der Waals surface area contributed by atoms with E-state index in [2.05, 4.69) is 5.10 Å². The molecule has 1 aromatic heterocycles. The van der Waals surface area contributed by atoms with Crippen LogP contribution in [-0.2, 0) is 16.1 Å². The Bertz CT molecular complexity index is 915. The van der Waals surface area contributed by atoms with Crippen molar-refractivity contribution in [1.29, 1.82) is 0 Å². The summed E-state index contributed by atoms with van der Waals surface area (Å²) < 4.78 is 46.4. The number of anilines is 1. The van der Waals surface area contributed by atoms with Crippen LogP contribution in [0.25, 0.3) is 0 Å². The van der Waals surface area contributed by atoms with E-state index in [4.69, 9.17) is 16.3 Å². The maximum absolute atomic E-state index is 13.7. The van der Waals surface area contributed by atoms with Crippen molar-refractivity contribution < 1.29 is 27.5 Å². The van der Waals surface area contributed by atoms with E-state index in [0.717, 1.165) is 6.07 Å². The maximum Gasteiger partial charge on any atom is 0.343 e. The summed E-state index contributed by atoms with van der Waals surface area (Å²) in [6.07, 6.45) is -1.36. The van der Waals surface area contributed by atoms with Gasteiger partial charge in [-0.1, -0.05) is 25.4 Å². The van der Waals surface area contributed by atoms with Crippen molar-refractivity contribution in [3.05, 3.63) is 46.0 Å². The molecule has 1 atom stereocenters. The van der Waals surface area contributed by atoms with Crippen molar-refractivity contribution in [1.82, 2.24) is 9.78 Å². The number of nitrogens with one attached hydrogen (secondary N) is 1. The molecule has 152 valence electrons. The van der Waals surface area contributed by atoms with Gasteiger partial charge in [0.1, 0.15) is 10.7 Å². The Hall–Kier alpha value is -2.55. The maximum atomic E-state index is 13.7. The van der Waals surface area contributed by atoms with Crippen LogP contribution in [0.5, 0.6) is 0 Å². The molecule has 1 aromatic carbocycles. The molecular weight excluding hydrogens is 399 g/mol. The first-order chi connectivity index (χ1) is 13.0. The number of rotatable bonds is 6. The molecule has 0 saturated heterocycles. The molecule has 0 aliphatic heterocycles. The summed E-state index contributed by atoms with van der Waals surface area (Å²) in [6.45, 7) is 7.20. The number of hydrogen-bond donors (Lipinski definition) is 1. The lowest BCUT2D eigenvalue weighted by atomic mass is 10.2. The number of carbonyl (C=O) groups is 2. The summed E-state index contributed by atoms with van der Waals surface area (Å²) in [4.78, 5) is 24.5. The molecule has 0 spiro atoms. The SMILES string of the molecule is Cc1nn(CC(C)C)c(Cl)c1C(=O)O[C@H](C)C(=O)Nc1ccc(F)c(F)c1F. The quantitative estimate of drug-likeness (QED) is 0.567. The highest BCUT2D eigenvalue weighted by atomic mass is 35.5. The van der Waals surface area contributed by atoms with Gasteiger partial charge >= 0.3 is 5.97 Å². The molecule has 0 fully saturated rings. The number of benzene rings is 1. The average molecular weight is 418 g/mol. The van der Waals surface area contributed by atoms with Gasteiger partial charge in [0, 0.05) is 6.54 Å². The molecule has 2 rings (SSSR count). The number of halogens is 4. The predicted molar refractivity (Wildman–Crippen MR) is 96.6 cm³/mol. The number of nitrogens with zero attached hydrogens (tertiary/aromatic N) is 2. The van der Waals surface area contributed by atoms with Gasteiger partial charge in [-0.2, -0.15) is 5.10 Å². The van der Waals surface area contributed by atoms with Gasteiger partial charge in [-0.15, -0.1) is 0 Å². The average Bonchev–Trinajstić information content (AvgIpc) is 2.88. The first kappa shape index (κ1) is 21.7. The van der Waals surface area contributed by atoms with E-state index in [1.807, 2.05) is 19.2 Å². The fourth-order valence-corrected chi connectivity index (χ4v) is 2.70. The van der Waals surface area contributed by atoms with Crippen molar-refractivity contribution in [3.8, 4) is 0 Å². The van der Waals surface area contributed by atoms with Crippen molar-refractivity contribution in [2.45, 2.75) is 40.3 Å². The Balaban J connectivity index is 2.11. The van der Waals surface area contributed by atoms with E-state index in [0.29, 0.717) is 18.3 Å². The first-order valence-corrected chi connectivity index (χ1v) is 8.79. The third kappa shape index (κ3) is 4.64. The van der Waals surface area contributed by atoms with Gasteiger partial charge in [-0.3, -0.25) is 9.48 Å². The van der Waals surface area contributed by atoms with Crippen LogP contribution >= 0.6 is 11.6 Å². The summed E-state index contributed by atoms with van der Waals surface area (Å²) in [6, 6.07) is 1.52. The van der Waals surface area contributed by atoms with E-state index >= 15 is 0 Å². The van der Waals surface area contributed by atoms with Crippen LogP contribution in [0.15, 0.2) is 12.1 Å². The molecule has 2 aromatic rings. The molecule has 0 aliphatic carbocycles. The van der Waals surface area contributed by atoms with Gasteiger partial charge in [0.25, 0.3) is 5.91 Å². The topological polar surface area (TPSA) is 73.2 Å². The highest BCUT2D eigenvalue weighted by Gasteiger charge is 2.26. The number of esters is 1. The third-order valence-electron chi connectivity index (χ3n) is 3.75. The lowest BCUT2D eigenvalue weighted by molar-refractivity contribution is -0.123. The summed E-state index contributed by atoms with van der Waals surface area (Å²) in [5, 5.41) is 6.30. The minimum absolute atomic E-state index is 0.0148. The normalized spacial score (nSPS) is 12.2. The van der Waals surface area contributed by atoms with Crippen LogP contribution in [-0.4, -0.2) is 27.8 Å². The Morgan fingerprint density at radius 1 is 1.21 bits per heavy atom. The summed E-state index contributed by atoms with van der Waals surface area (Å²) in [5.41, 5.74) is -0.235. The molecule has 1 N–H and O–H groups in total. The summed E-state index contributed by atoms with van der Waals surface area (Å²) in [5.74, 6) is -6.24. The Labute approximate surface area is 164 Å². The number of amides is 1. The van der Waals surface area contributed by atoms with Gasteiger partial charge in [0.2, 0.25) is 0 Å². The standard InChI is InChI=1S/C18H19ClF3N3O3/c1-8(2)7-25-16(19)13(9(3)24-25)18(27)28-10(4)17(26)23-12-6-5-11(20)14(21)15(12)22/h5-6,8,10H,7H2,1-4H3,(H,23,26)/t10-/m1/s1. The number of hydrogen-bond acceptors (Lipinski definition) is 4. The lowest BCUT2D eigenvalue weighted by Crippen LogP contribution is -2.30. The molecule has 0 unspecified atom stereocenters. The Kier molecular flexibility index (Phi) is 6.71. The molecule has 1 amide bonds. The van der Waals surface area contributed by atoms with Crippen LogP contribution in [0.3, 0.4) is 0 Å². The summed E-state index contributed by atoms with van der Waals surface area (Å²) in [7, 11) is 0. The van der Waals surface area contributed by atoms with Crippen molar-refractivity contribution in [2.75, 3.05) is 5.32 Å². The largest absolute Gasteiger partial charge is 0.449 e. The summed E-state index contributed by atoms with van der Waals surface area (Å²) >= 11 is 6.19. The number of aromatic nitrogens is 2. The van der Waals surface area contributed by atoms with Gasteiger partial charge < -0.3 is 10.1 Å². The van der Waals surface area contributed by atoms with E-state index in [1.165, 1.54) is 11.6 Å². The van der Waals surface area contributed by atoms with Gasteiger partial charge in [-0.25, -0.2) is 18.0 Å². The second-order valence-electron chi connectivity index (χ2n) is 6.59. The van der Waals surface area contributed by atoms with E-state index < -0.39 is 41.1 Å². The molecule has 1 heterocycles. The molecular formula is C18H19ClF3N3O3. The second kappa shape index (κ2) is 8.64. The zero-order chi connectivity index (χ0) is 21.2. The van der Waals surface area contributed by atoms with E-state index in [1.54, 1.807) is 6.92 Å². The molecule has 0 saturated carbocycles. The number of carbonyl (C=O) groups excluding carboxylic acids is 2. The van der Waals surface area contributed by atoms with E-state index in [9.17, 15) is 22.8 Å². The van der Waals surface area contributed by atoms with Gasteiger partial charge in [0.15, 0.2) is 23.6 Å². The number of aryl methyl sites for hydroxylation is 1. The fourth-order valence-electron chi connectivity index (χ4n) is 2.38. The Morgan fingerprint density at radius 2 is 1.86 bits per heavy atom. The van der Waals surface area contributed by atoms with Crippen molar-refractivity contribution >= 4 is 29.2 Å². The van der Waals surface area contributed by atoms with Crippen LogP contribution in [0.4, 0.5) is 18.9 Å². The molecule has 0 radical (unpaired) electrons. The molecule has 6 nitrogen and oxygen atoms in total. The van der Waals surface area contributed by atoms with Crippen LogP contribution < -0.4 is 5.32 Å². The highest BCUT2D eigenvalue weighted by Crippen LogP contribution is 2.23. The van der Waals surface area contributed by atoms with Crippen molar-refractivity contribution in [2.24, 2.45) is 5.92 Å². The smallest absolute Gasteiger partial charge is 0.343 e. The van der Waals surface area contributed by atoms with Gasteiger partial charge in [-0.05, 0) is 31.9 Å². The number of ether oxygens (including phenoxy) is 1. The second-order valence-corrected chi connectivity index (χ2v) is 6.94. The molecule has 28 heavy (non-hydrogen) atoms. The minimum Gasteiger partial charge on any atom is -0.449 e. The van der Waals surface area contributed by atoms with E-state index in [-0.39, 0.29) is 16.6 Å². The van der Waals surface area contributed by atoms with Gasteiger partial charge in [0.05, 0.1) is 11.4 Å². The van der Waals surface area contributed by atoms with Crippen LogP contribution in [0.2, 0.25) is 5.15 Å². The predicted octanol–water partition coefficient (Wildman–Crippen LogP) is 4.10. The zero-order valence-corrected chi connectivity index (χ0v) is 16.4. The Morgan fingerprint density at radius 3 is 2.46 bits per heavy atom. The molecule has 10 heteroatoms. The molecule has 0 aliphatic rings. The first-order valence-electron chi connectivity index (χ1n) is 8.41. The zero-order valence-electron chi connectivity index (χ0n) is 15.6. The van der Waals surface area contributed by atoms with Crippen LogP contribution in [0, 0.1) is 30.3 Å². The molecule has 0 bridgehead atoms. The minimum atomic E-state index is -1.72. The highest BCUT2D eigenvalue weighted by molar-refractivity contribution is 6.32. The lowest BCUT2D eigenvalue weighted by Gasteiger charge is -2.14. The van der Waals surface area contributed by atoms with Crippen LogP contribution in [0.1, 0.15) is 36.8 Å². The third-order valence-corrected chi connectivity index (χ3v) is 4.14. The van der Waals surface area contributed by atoms with Crippen molar-refractivity contribution in [3.63, 3.8) is 0 Å². The fraction of sp³-hybridized carbons (Fsp3) is 0.389. The monoisotopic (exact) mass is 417 g/mol.